The second kappa shape index (κ2) is 6.12. The number of fused-ring (bicyclic) bond motifs is 1. The number of benzene rings is 2. The van der Waals surface area contributed by atoms with Crippen molar-refractivity contribution in [2.24, 2.45) is 0 Å². The molecular weight excluding hydrogens is 290 g/mol. The number of nitrogens with zero attached hydrogens (tertiary/aromatic N) is 3. The molecule has 6 heteroatoms. The molecular formula is C17H13N5O. The number of carbonyl (C=O) groups excluding carboxylic acids is 1. The first-order chi connectivity index (χ1) is 11.2. The smallest absolute Gasteiger partial charge is 0.251 e. The van der Waals surface area contributed by atoms with E-state index >= 15 is 0 Å². The van der Waals surface area contributed by atoms with Crippen LogP contribution in [0.3, 0.4) is 0 Å². The summed E-state index contributed by atoms with van der Waals surface area (Å²) in [6.07, 6.45) is 0. The largest absolute Gasteiger partial charge is 0.355 e. The third kappa shape index (κ3) is 2.80. The molecule has 6 nitrogen and oxygen atoms in total. The van der Waals surface area contributed by atoms with Gasteiger partial charge in [-0.1, -0.05) is 18.2 Å². The number of hydrogen-bond acceptors (Lipinski definition) is 5. The summed E-state index contributed by atoms with van der Waals surface area (Å²) in [6, 6.07) is 16.5. The van der Waals surface area contributed by atoms with E-state index in [1.807, 2.05) is 30.3 Å². The van der Waals surface area contributed by atoms with Crippen LogP contribution in [0.25, 0.3) is 10.9 Å². The van der Waals surface area contributed by atoms with Crippen LogP contribution in [0.5, 0.6) is 0 Å². The summed E-state index contributed by atoms with van der Waals surface area (Å²) >= 11 is 0. The van der Waals surface area contributed by atoms with E-state index in [1.54, 1.807) is 31.3 Å². The van der Waals surface area contributed by atoms with Crippen LogP contribution >= 0.6 is 0 Å². The van der Waals surface area contributed by atoms with E-state index in [4.69, 9.17) is 0 Å². The zero-order valence-corrected chi connectivity index (χ0v) is 12.4. The lowest BCUT2D eigenvalue weighted by atomic mass is 10.1. The van der Waals surface area contributed by atoms with Gasteiger partial charge in [-0.15, -0.1) is 10.2 Å². The van der Waals surface area contributed by atoms with Gasteiger partial charge in [0.1, 0.15) is 6.07 Å². The van der Waals surface area contributed by atoms with Gasteiger partial charge in [0.05, 0.1) is 11.2 Å². The van der Waals surface area contributed by atoms with Gasteiger partial charge in [0, 0.05) is 23.7 Å². The molecule has 1 aromatic heterocycles. The predicted molar refractivity (Wildman–Crippen MR) is 87.4 cm³/mol. The molecule has 0 spiro atoms. The van der Waals surface area contributed by atoms with Crippen LogP contribution < -0.4 is 10.6 Å². The van der Waals surface area contributed by atoms with E-state index in [0.717, 1.165) is 11.1 Å². The molecule has 0 unspecified atom stereocenters. The number of aromatic nitrogens is 2. The van der Waals surface area contributed by atoms with Crippen LogP contribution in [0.4, 0.5) is 11.4 Å². The van der Waals surface area contributed by atoms with Gasteiger partial charge in [0.25, 0.3) is 5.91 Å². The summed E-state index contributed by atoms with van der Waals surface area (Å²) in [6.45, 7) is 0. The molecule has 0 radical (unpaired) electrons. The van der Waals surface area contributed by atoms with E-state index < -0.39 is 0 Å². The Balaban J connectivity index is 2.01. The maximum atomic E-state index is 11.6. The molecule has 0 atom stereocenters. The lowest BCUT2D eigenvalue weighted by molar-refractivity contribution is 0.0963. The summed E-state index contributed by atoms with van der Waals surface area (Å²) < 4.78 is 0. The third-order valence-electron chi connectivity index (χ3n) is 3.42. The average molecular weight is 303 g/mol. The molecule has 112 valence electrons. The summed E-state index contributed by atoms with van der Waals surface area (Å²) in [5, 5.41) is 23.8. The van der Waals surface area contributed by atoms with Crippen LogP contribution in [-0.4, -0.2) is 23.2 Å². The van der Waals surface area contributed by atoms with Crippen molar-refractivity contribution in [3.05, 3.63) is 59.8 Å². The van der Waals surface area contributed by atoms with Gasteiger partial charge in [-0.05, 0) is 30.3 Å². The molecule has 0 fully saturated rings. The van der Waals surface area contributed by atoms with E-state index in [1.165, 1.54) is 0 Å². The number of carbonyl (C=O) groups is 1. The standard InChI is InChI=1S/C17H13N5O/c1-19-17(23)11-6-8-12(9-7-11)20-16-13-4-2-3-5-14(13)21-22-15(16)10-18/h2-9H,1H3,(H,19,23)(H,20,21). The Hall–Kier alpha value is -3.46. The van der Waals surface area contributed by atoms with Crippen molar-refractivity contribution in [3.8, 4) is 6.07 Å². The van der Waals surface area contributed by atoms with Crippen molar-refractivity contribution in [1.29, 1.82) is 5.26 Å². The second-order valence-electron chi connectivity index (χ2n) is 4.83. The van der Waals surface area contributed by atoms with Crippen molar-refractivity contribution < 1.29 is 4.79 Å². The molecule has 1 heterocycles. The predicted octanol–water partition coefficient (Wildman–Crippen LogP) is 2.60. The minimum absolute atomic E-state index is 0.148. The van der Waals surface area contributed by atoms with Crippen LogP contribution in [0.15, 0.2) is 48.5 Å². The zero-order valence-electron chi connectivity index (χ0n) is 12.4. The fourth-order valence-corrected chi connectivity index (χ4v) is 2.25. The minimum Gasteiger partial charge on any atom is -0.355 e. The highest BCUT2D eigenvalue weighted by Gasteiger charge is 2.11. The summed E-state index contributed by atoms with van der Waals surface area (Å²) in [4.78, 5) is 11.6. The van der Waals surface area contributed by atoms with Crippen molar-refractivity contribution >= 4 is 28.2 Å². The van der Waals surface area contributed by atoms with E-state index in [2.05, 4.69) is 20.8 Å². The molecule has 0 aliphatic rings. The SMILES string of the molecule is CNC(=O)c1ccc(Nc2c(C#N)nnc3ccccc23)cc1. The van der Waals surface area contributed by atoms with E-state index in [-0.39, 0.29) is 11.6 Å². The minimum atomic E-state index is -0.148. The van der Waals surface area contributed by atoms with Crippen molar-refractivity contribution in [2.45, 2.75) is 0 Å². The highest BCUT2D eigenvalue weighted by Crippen LogP contribution is 2.27. The lowest BCUT2D eigenvalue weighted by Crippen LogP contribution is -2.17. The lowest BCUT2D eigenvalue weighted by Gasteiger charge is -2.10. The third-order valence-corrected chi connectivity index (χ3v) is 3.42. The maximum Gasteiger partial charge on any atom is 0.251 e. The Morgan fingerprint density at radius 1 is 1.09 bits per heavy atom. The first-order valence-electron chi connectivity index (χ1n) is 6.97. The Labute approximate surface area is 132 Å². The highest BCUT2D eigenvalue weighted by atomic mass is 16.1. The molecule has 0 bridgehead atoms. The molecule has 0 saturated heterocycles. The maximum absolute atomic E-state index is 11.6. The number of amides is 1. The first kappa shape index (κ1) is 14.5. The molecule has 0 saturated carbocycles. The van der Waals surface area contributed by atoms with Crippen LogP contribution in [0.2, 0.25) is 0 Å². The number of anilines is 2. The number of hydrogen-bond donors (Lipinski definition) is 2. The number of nitriles is 1. The van der Waals surface area contributed by atoms with Gasteiger partial charge in [0.15, 0.2) is 5.69 Å². The Morgan fingerprint density at radius 2 is 1.83 bits per heavy atom. The quantitative estimate of drug-likeness (QED) is 0.776. The van der Waals surface area contributed by atoms with Gasteiger partial charge in [-0.2, -0.15) is 5.26 Å². The average Bonchev–Trinajstić information content (AvgIpc) is 2.62. The molecule has 1 amide bonds. The number of rotatable bonds is 3. The van der Waals surface area contributed by atoms with Gasteiger partial charge >= 0.3 is 0 Å². The summed E-state index contributed by atoms with van der Waals surface area (Å²) in [7, 11) is 1.59. The topological polar surface area (TPSA) is 90.7 Å². The summed E-state index contributed by atoms with van der Waals surface area (Å²) in [5.41, 5.74) is 2.85. The molecule has 3 aromatic rings. The fourth-order valence-electron chi connectivity index (χ4n) is 2.25. The van der Waals surface area contributed by atoms with Gasteiger partial charge < -0.3 is 10.6 Å². The van der Waals surface area contributed by atoms with Gasteiger partial charge in [-0.25, -0.2) is 0 Å². The van der Waals surface area contributed by atoms with Gasteiger partial charge in [0.2, 0.25) is 0 Å². The Bertz CT molecular complexity index is 912. The fraction of sp³-hybridized carbons (Fsp3) is 0.0588. The van der Waals surface area contributed by atoms with Crippen LogP contribution in [0, 0.1) is 11.3 Å². The van der Waals surface area contributed by atoms with Crippen molar-refractivity contribution in [1.82, 2.24) is 15.5 Å². The molecule has 0 aliphatic carbocycles. The molecule has 2 N–H and O–H groups in total. The molecule has 0 aliphatic heterocycles. The van der Waals surface area contributed by atoms with Crippen molar-refractivity contribution in [2.75, 3.05) is 12.4 Å². The van der Waals surface area contributed by atoms with Crippen LogP contribution in [0.1, 0.15) is 16.1 Å². The van der Waals surface area contributed by atoms with Gasteiger partial charge in [-0.3, -0.25) is 4.79 Å². The Kier molecular flexibility index (Phi) is 3.85. The molecule has 3 rings (SSSR count). The molecule has 2 aromatic carbocycles. The second-order valence-corrected chi connectivity index (χ2v) is 4.83. The zero-order chi connectivity index (χ0) is 16.2. The first-order valence-corrected chi connectivity index (χ1v) is 6.97. The number of nitrogens with one attached hydrogen (secondary N) is 2. The molecule has 23 heavy (non-hydrogen) atoms. The van der Waals surface area contributed by atoms with E-state index in [9.17, 15) is 10.1 Å². The normalized spacial score (nSPS) is 10.1. The van der Waals surface area contributed by atoms with E-state index in [0.29, 0.717) is 16.8 Å². The monoisotopic (exact) mass is 303 g/mol. The Morgan fingerprint density at radius 3 is 2.52 bits per heavy atom. The summed E-state index contributed by atoms with van der Waals surface area (Å²) in [5.74, 6) is -0.148. The highest BCUT2D eigenvalue weighted by molar-refractivity contribution is 5.96. The van der Waals surface area contributed by atoms with Crippen LogP contribution in [-0.2, 0) is 0 Å². The van der Waals surface area contributed by atoms with Crippen molar-refractivity contribution in [3.63, 3.8) is 0 Å².